The van der Waals surface area contributed by atoms with E-state index in [1.807, 2.05) is 0 Å². The fourth-order valence-electron chi connectivity index (χ4n) is 9.21. The summed E-state index contributed by atoms with van der Waals surface area (Å²) in [4.78, 5) is 0. The van der Waals surface area contributed by atoms with E-state index in [1.54, 1.807) is 0 Å². The van der Waals surface area contributed by atoms with Crippen molar-refractivity contribution in [1.29, 1.82) is 0 Å². The zero-order valence-electron chi connectivity index (χ0n) is 30.4. The predicted molar refractivity (Wildman–Crippen MR) is 235 cm³/mol. The molecule has 1 atom stereocenters. The van der Waals surface area contributed by atoms with Crippen molar-refractivity contribution in [1.82, 2.24) is 4.57 Å². The van der Waals surface area contributed by atoms with E-state index in [1.165, 1.54) is 98.8 Å². The topological polar surface area (TPSA) is 4.93 Å². The third kappa shape index (κ3) is 5.16. The molecule has 9 aromatic carbocycles. The van der Waals surface area contributed by atoms with Gasteiger partial charge >= 0.3 is 0 Å². The van der Waals surface area contributed by atoms with Crippen LogP contribution in [0.1, 0.15) is 29.0 Å². The third-order valence-corrected chi connectivity index (χ3v) is 11.7. The summed E-state index contributed by atoms with van der Waals surface area (Å²) in [5.74, 6) is 0.310. The maximum absolute atomic E-state index is 2.51. The minimum atomic E-state index is 0.310. The molecule has 0 amide bonds. The summed E-state index contributed by atoms with van der Waals surface area (Å²) in [5.41, 5.74) is 12.7. The van der Waals surface area contributed by atoms with Crippen molar-refractivity contribution in [3.05, 3.63) is 223 Å². The Hall–Kier alpha value is -6.96. The second-order valence-electron chi connectivity index (χ2n) is 14.8. The van der Waals surface area contributed by atoms with Crippen molar-refractivity contribution in [2.24, 2.45) is 0 Å². The summed E-state index contributed by atoms with van der Waals surface area (Å²) < 4.78 is 2.51. The molecule has 0 saturated carbocycles. The van der Waals surface area contributed by atoms with Crippen LogP contribution < -0.4 is 0 Å². The van der Waals surface area contributed by atoms with E-state index in [2.05, 4.69) is 211 Å². The van der Waals surface area contributed by atoms with Gasteiger partial charge in [-0.1, -0.05) is 182 Å². The average Bonchev–Trinajstić information content (AvgIpc) is 3.62. The van der Waals surface area contributed by atoms with Crippen molar-refractivity contribution in [3.63, 3.8) is 0 Å². The van der Waals surface area contributed by atoms with Gasteiger partial charge in [0.1, 0.15) is 0 Å². The first kappa shape index (κ1) is 31.6. The SMILES string of the molecule is C1=C(c2ccccc2)C=C(c2ccc(-n3c4ccccc4c4c5c6ccccc6c(-c6ccccc6)cc5c5ccccc5c43)cc2)CC1c1ccccc1. The Morgan fingerprint density at radius 1 is 0.418 bits per heavy atom. The molecule has 1 heteroatoms. The van der Waals surface area contributed by atoms with E-state index in [0.717, 1.165) is 6.42 Å². The van der Waals surface area contributed by atoms with Crippen molar-refractivity contribution < 1.29 is 0 Å². The lowest BCUT2D eigenvalue weighted by Gasteiger charge is -2.23. The van der Waals surface area contributed by atoms with Gasteiger partial charge in [0.25, 0.3) is 0 Å². The Morgan fingerprint density at radius 2 is 1.00 bits per heavy atom. The first-order valence-corrected chi connectivity index (χ1v) is 19.3. The summed E-state index contributed by atoms with van der Waals surface area (Å²) in [7, 11) is 0. The van der Waals surface area contributed by atoms with Gasteiger partial charge in [0.15, 0.2) is 0 Å². The van der Waals surface area contributed by atoms with Crippen LogP contribution >= 0.6 is 0 Å². The van der Waals surface area contributed by atoms with Gasteiger partial charge in [-0.05, 0) is 91.2 Å². The summed E-state index contributed by atoms with van der Waals surface area (Å²) >= 11 is 0. The maximum atomic E-state index is 2.51. The van der Waals surface area contributed by atoms with E-state index >= 15 is 0 Å². The van der Waals surface area contributed by atoms with Crippen molar-refractivity contribution in [3.8, 4) is 16.8 Å². The quantitative estimate of drug-likeness (QED) is 0.158. The van der Waals surface area contributed by atoms with E-state index in [0.29, 0.717) is 5.92 Å². The van der Waals surface area contributed by atoms with Crippen LogP contribution in [0.2, 0.25) is 0 Å². The van der Waals surface area contributed by atoms with Crippen molar-refractivity contribution in [2.75, 3.05) is 0 Å². The summed E-state index contributed by atoms with van der Waals surface area (Å²) in [6.45, 7) is 0. The predicted octanol–water partition coefficient (Wildman–Crippen LogP) is 14.6. The number of nitrogens with zero attached hydrogens (tertiary/aromatic N) is 1. The minimum Gasteiger partial charge on any atom is -0.309 e. The van der Waals surface area contributed by atoms with Gasteiger partial charge in [-0.3, -0.25) is 0 Å². The first-order valence-electron chi connectivity index (χ1n) is 19.3. The van der Waals surface area contributed by atoms with Crippen LogP contribution in [-0.2, 0) is 0 Å². The highest BCUT2D eigenvalue weighted by molar-refractivity contribution is 6.38. The maximum Gasteiger partial charge on any atom is 0.0626 e. The monoisotopic (exact) mass is 699 g/mol. The second kappa shape index (κ2) is 12.9. The summed E-state index contributed by atoms with van der Waals surface area (Å²) in [5, 5.41) is 10.3. The second-order valence-corrected chi connectivity index (χ2v) is 14.8. The van der Waals surface area contributed by atoms with Crippen LogP contribution in [0.15, 0.2) is 206 Å². The van der Waals surface area contributed by atoms with Gasteiger partial charge in [0.2, 0.25) is 0 Å². The molecule has 1 heterocycles. The van der Waals surface area contributed by atoms with Gasteiger partial charge in [-0.2, -0.15) is 0 Å². The molecule has 0 aliphatic heterocycles. The molecular formula is C54H37N. The van der Waals surface area contributed by atoms with Crippen LogP contribution in [0.25, 0.3) is 82.1 Å². The van der Waals surface area contributed by atoms with E-state index in [4.69, 9.17) is 0 Å². The molecule has 1 aliphatic carbocycles. The highest BCUT2D eigenvalue weighted by Crippen LogP contribution is 2.47. The van der Waals surface area contributed by atoms with Crippen molar-refractivity contribution in [2.45, 2.75) is 12.3 Å². The van der Waals surface area contributed by atoms with E-state index < -0.39 is 0 Å². The zero-order chi connectivity index (χ0) is 36.3. The Balaban J connectivity index is 1.14. The third-order valence-electron chi connectivity index (χ3n) is 11.7. The Morgan fingerprint density at radius 3 is 1.73 bits per heavy atom. The lowest BCUT2D eigenvalue weighted by Crippen LogP contribution is -2.04. The highest BCUT2D eigenvalue weighted by atomic mass is 15.0. The van der Waals surface area contributed by atoms with Crippen LogP contribution in [0.5, 0.6) is 0 Å². The lowest BCUT2D eigenvalue weighted by molar-refractivity contribution is 0.871. The van der Waals surface area contributed by atoms with Gasteiger partial charge in [0, 0.05) is 33.2 Å². The van der Waals surface area contributed by atoms with E-state index in [-0.39, 0.29) is 0 Å². The van der Waals surface area contributed by atoms with Gasteiger partial charge in [-0.25, -0.2) is 0 Å². The molecule has 1 unspecified atom stereocenters. The van der Waals surface area contributed by atoms with Gasteiger partial charge in [0.05, 0.1) is 11.0 Å². The van der Waals surface area contributed by atoms with Crippen LogP contribution in [0.3, 0.4) is 0 Å². The normalized spacial score (nSPS) is 14.5. The zero-order valence-corrected chi connectivity index (χ0v) is 30.4. The molecule has 0 bridgehead atoms. The Kier molecular flexibility index (Phi) is 7.38. The summed E-state index contributed by atoms with van der Waals surface area (Å²) in [6, 6.07) is 71.3. The lowest BCUT2D eigenvalue weighted by atomic mass is 9.81. The molecule has 0 spiro atoms. The highest BCUT2D eigenvalue weighted by Gasteiger charge is 2.23. The standard InChI is InChI=1S/C54H37N/c1-4-16-36(17-5-1)40-32-41(37-18-6-2-7-19-37)34-42(33-40)38-28-30-43(31-29-38)55-51-27-15-14-26-48(51)53-52-46-24-12-10-22-44(46)49(39-20-8-3-9-21-39)35-50(52)45-23-11-13-25-47(45)54(53)55/h1-33,35,41H,34H2. The number of fused-ring (bicyclic) bond motifs is 10. The number of allylic oxidation sites excluding steroid dienone is 4. The summed E-state index contributed by atoms with van der Waals surface area (Å²) in [6.07, 6.45) is 5.81. The first-order chi connectivity index (χ1) is 27.3. The molecule has 11 rings (SSSR count). The number of benzene rings is 9. The van der Waals surface area contributed by atoms with Gasteiger partial charge in [-0.15, -0.1) is 0 Å². The molecule has 55 heavy (non-hydrogen) atoms. The molecule has 1 aromatic heterocycles. The van der Waals surface area contributed by atoms with E-state index in [9.17, 15) is 0 Å². The molecule has 10 aromatic rings. The molecule has 0 radical (unpaired) electrons. The smallest absolute Gasteiger partial charge is 0.0626 e. The number of aromatic nitrogens is 1. The Bertz CT molecular complexity index is 3130. The fourth-order valence-corrected chi connectivity index (χ4v) is 9.21. The average molecular weight is 700 g/mol. The number of hydrogen-bond donors (Lipinski definition) is 0. The van der Waals surface area contributed by atoms with Crippen LogP contribution in [0, 0.1) is 0 Å². The molecule has 0 saturated heterocycles. The molecule has 0 fully saturated rings. The molecule has 258 valence electrons. The molecule has 1 nitrogen and oxygen atoms in total. The largest absolute Gasteiger partial charge is 0.309 e. The van der Waals surface area contributed by atoms with Crippen LogP contribution in [-0.4, -0.2) is 4.57 Å². The molecular weight excluding hydrogens is 663 g/mol. The van der Waals surface area contributed by atoms with Gasteiger partial charge < -0.3 is 4.57 Å². The number of para-hydroxylation sites is 1. The fraction of sp³-hybridized carbons (Fsp3) is 0.0370. The minimum absolute atomic E-state index is 0.310. The number of hydrogen-bond acceptors (Lipinski definition) is 0. The van der Waals surface area contributed by atoms with Crippen LogP contribution in [0.4, 0.5) is 0 Å². The Labute approximate surface area is 320 Å². The molecule has 1 aliphatic rings. The number of rotatable bonds is 5. The molecule has 0 N–H and O–H groups in total. The van der Waals surface area contributed by atoms with Crippen molar-refractivity contribution >= 4 is 65.3 Å².